The molecule has 25 heavy (non-hydrogen) atoms. The van der Waals surface area contributed by atoms with Crippen molar-refractivity contribution in [3.8, 4) is 0 Å². The van der Waals surface area contributed by atoms with Crippen molar-refractivity contribution in [3.05, 3.63) is 23.8 Å². The molecular weight excluding hydrogens is 348 g/mol. The molecule has 0 atom stereocenters. The van der Waals surface area contributed by atoms with Crippen LogP contribution in [0.2, 0.25) is 0 Å². The van der Waals surface area contributed by atoms with Gasteiger partial charge in [-0.1, -0.05) is 0 Å². The fraction of sp³-hybridized carbons (Fsp3) is 0.562. The number of methoxy groups -OCH3 is 1. The molecule has 0 spiro atoms. The van der Waals surface area contributed by atoms with Crippen molar-refractivity contribution in [2.75, 3.05) is 38.7 Å². The normalized spacial score (nSPS) is 11.7. The fourth-order valence-electron chi connectivity index (χ4n) is 1.99. The second-order valence-corrected chi connectivity index (χ2v) is 7.34. The molecule has 0 unspecified atom stereocenters. The summed E-state index contributed by atoms with van der Waals surface area (Å²) in [6.45, 7) is 5.24. The number of hydrogen-bond donors (Lipinski definition) is 3. The first-order chi connectivity index (χ1) is 11.8. The van der Waals surface area contributed by atoms with E-state index in [4.69, 9.17) is 14.6 Å². The molecule has 1 aromatic rings. The molecule has 0 saturated heterocycles. The Kier molecular flexibility index (Phi) is 8.84. The molecule has 0 heterocycles. The molecule has 0 aromatic heterocycles. The lowest BCUT2D eigenvalue weighted by molar-refractivity contribution is 0.0696. The van der Waals surface area contributed by atoms with Gasteiger partial charge in [0.15, 0.2) is 0 Å². The number of benzene rings is 1. The molecule has 0 amide bonds. The number of carboxylic acids is 1. The Hall–Kier alpha value is -1.68. The van der Waals surface area contributed by atoms with Crippen LogP contribution in [0.1, 0.15) is 30.6 Å². The van der Waals surface area contributed by atoms with E-state index in [9.17, 15) is 13.2 Å². The third kappa shape index (κ3) is 7.39. The molecule has 0 saturated carbocycles. The van der Waals surface area contributed by atoms with Crippen LogP contribution in [0.5, 0.6) is 0 Å². The molecule has 0 bridgehead atoms. The Bertz CT molecular complexity index is 661. The highest BCUT2D eigenvalue weighted by Gasteiger charge is 2.20. The van der Waals surface area contributed by atoms with E-state index >= 15 is 0 Å². The minimum absolute atomic E-state index is 0.0950. The number of anilines is 1. The summed E-state index contributed by atoms with van der Waals surface area (Å²) in [6.07, 6.45) is 0.825. The van der Waals surface area contributed by atoms with Gasteiger partial charge in [-0.15, -0.1) is 0 Å². The van der Waals surface area contributed by atoms with Gasteiger partial charge in [-0.3, -0.25) is 0 Å². The van der Waals surface area contributed by atoms with Crippen molar-refractivity contribution < 1.29 is 27.8 Å². The zero-order chi connectivity index (χ0) is 18.9. The quantitative estimate of drug-likeness (QED) is 0.475. The third-order valence-corrected chi connectivity index (χ3v) is 4.71. The highest BCUT2D eigenvalue weighted by molar-refractivity contribution is 7.89. The number of carboxylic acid groups (broad SMARTS) is 1. The van der Waals surface area contributed by atoms with Crippen molar-refractivity contribution in [2.24, 2.45) is 0 Å². The van der Waals surface area contributed by atoms with E-state index in [-0.39, 0.29) is 29.7 Å². The zero-order valence-electron chi connectivity index (χ0n) is 14.7. The first kappa shape index (κ1) is 21.4. The second-order valence-electron chi connectivity index (χ2n) is 5.61. The van der Waals surface area contributed by atoms with Crippen LogP contribution in [0.4, 0.5) is 5.69 Å². The third-order valence-electron chi connectivity index (χ3n) is 3.20. The van der Waals surface area contributed by atoms with Gasteiger partial charge in [0, 0.05) is 26.8 Å². The molecule has 9 heteroatoms. The molecule has 142 valence electrons. The largest absolute Gasteiger partial charge is 0.478 e. The van der Waals surface area contributed by atoms with Gasteiger partial charge in [0.1, 0.15) is 4.90 Å². The van der Waals surface area contributed by atoms with Crippen molar-refractivity contribution in [2.45, 2.75) is 31.3 Å². The van der Waals surface area contributed by atoms with Crippen molar-refractivity contribution in [3.63, 3.8) is 0 Å². The molecule has 0 aliphatic heterocycles. The molecular formula is C16H26N2O6S. The minimum Gasteiger partial charge on any atom is -0.478 e. The molecule has 3 N–H and O–H groups in total. The standard InChI is InChI=1S/C16H26N2O6S/c1-12(2)24-9-4-7-17-14-6-5-13(16(19)20)11-15(14)25(21,22)18-8-10-23-3/h5-6,11-12,17-18H,4,7-10H2,1-3H3,(H,19,20). The van der Waals surface area contributed by atoms with Crippen LogP contribution in [-0.4, -0.2) is 59.0 Å². The smallest absolute Gasteiger partial charge is 0.335 e. The minimum atomic E-state index is -3.86. The van der Waals surface area contributed by atoms with Crippen molar-refractivity contribution >= 4 is 21.7 Å². The average molecular weight is 374 g/mol. The van der Waals surface area contributed by atoms with Gasteiger partial charge in [-0.05, 0) is 38.5 Å². The monoisotopic (exact) mass is 374 g/mol. The maximum atomic E-state index is 12.5. The topological polar surface area (TPSA) is 114 Å². The van der Waals surface area contributed by atoms with Gasteiger partial charge >= 0.3 is 5.97 Å². The van der Waals surface area contributed by atoms with E-state index in [1.807, 2.05) is 13.8 Å². The van der Waals surface area contributed by atoms with E-state index in [1.165, 1.54) is 19.2 Å². The average Bonchev–Trinajstić information content (AvgIpc) is 2.54. The zero-order valence-corrected chi connectivity index (χ0v) is 15.6. The van der Waals surface area contributed by atoms with Gasteiger partial charge in [-0.2, -0.15) is 0 Å². The Labute approximate surface area is 148 Å². The summed E-state index contributed by atoms with van der Waals surface area (Å²) in [6, 6.07) is 3.96. The molecule has 1 rings (SSSR count). The van der Waals surface area contributed by atoms with Crippen LogP contribution in [0.3, 0.4) is 0 Å². The van der Waals surface area contributed by atoms with Gasteiger partial charge < -0.3 is 19.9 Å². The van der Waals surface area contributed by atoms with Gasteiger partial charge in [0.25, 0.3) is 0 Å². The van der Waals surface area contributed by atoms with Crippen molar-refractivity contribution in [1.29, 1.82) is 0 Å². The summed E-state index contributed by atoms with van der Waals surface area (Å²) in [5.74, 6) is -1.19. The molecule has 0 aliphatic rings. The van der Waals surface area contributed by atoms with Crippen LogP contribution in [0, 0.1) is 0 Å². The number of hydrogen-bond acceptors (Lipinski definition) is 6. The van der Waals surface area contributed by atoms with Crippen LogP contribution < -0.4 is 10.0 Å². The summed E-state index contributed by atoms with van der Waals surface area (Å²) in [5.41, 5.74) is 0.250. The predicted octanol–water partition coefficient (Wildman–Crippen LogP) is 1.54. The first-order valence-electron chi connectivity index (χ1n) is 7.99. The molecule has 0 aliphatic carbocycles. The Morgan fingerprint density at radius 1 is 1.24 bits per heavy atom. The lowest BCUT2D eigenvalue weighted by Crippen LogP contribution is -2.28. The lowest BCUT2D eigenvalue weighted by Gasteiger charge is -2.14. The predicted molar refractivity (Wildman–Crippen MR) is 94.7 cm³/mol. The highest BCUT2D eigenvalue weighted by atomic mass is 32.2. The Morgan fingerprint density at radius 3 is 2.56 bits per heavy atom. The number of carbonyl (C=O) groups is 1. The van der Waals surface area contributed by atoms with Crippen LogP contribution in [0.15, 0.2) is 23.1 Å². The van der Waals surface area contributed by atoms with E-state index in [1.54, 1.807) is 0 Å². The Balaban J connectivity index is 2.90. The highest BCUT2D eigenvalue weighted by Crippen LogP contribution is 2.23. The van der Waals surface area contributed by atoms with E-state index in [0.29, 0.717) is 25.3 Å². The molecule has 8 nitrogen and oxygen atoms in total. The lowest BCUT2D eigenvalue weighted by atomic mass is 10.2. The SMILES string of the molecule is COCCNS(=O)(=O)c1cc(C(=O)O)ccc1NCCCOC(C)C. The summed E-state index contributed by atoms with van der Waals surface area (Å²) in [4.78, 5) is 11.0. The fourth-order valence-corrected chi connectivity index (χ4v) is 3.21. The van der Waals surface area contributed by atoms with Crippen molar-refractivity contribution in [1.82, 2.24) is 4.72 Å². The number of aromatic carboxylic acids is 1. The van der Waals surface area contributed by atoms with Crippen LogP contribution in [0.25, 0.3) is 0 Å². The van der Waals surface area contributed by atoms with E-state index in [0.717, 1.165) is 6.07 Å². The second kappa shape index (κ2) is 10.3. The van der Waals surface area contributed by atoms with E-state index < -0.39 is 16.0 Å². The first-order valence-corrected chi connectivity index (χ1v) is 9.47. The van der Waals surface area contributed by atoms with Gasteiger partial charge in [0.05, 0.1) is 24.0 Å². The number of rotatable bonds is 12. The Morgan fingerprint density at radius 2 is 1.96 bits per heavy atom. The van der Waals surface area contributed by atoms with Crippen LogP contribution in [-0.2, 0) is 19.5 Å². The maximum absolute atomic E-state index is 12.5. The van der Waals surface area contributed by atoms with Gasteiger partial charge in [0.2, 0.25) is 10.0 Å². The summed E-state index contributed by atoms with van der Waals surface area (Å²) in [7, 11) is -2.40. The summed E-state index contributed by atoms with van der Waals surface area (Å²) < 4.78 is 37.6. The summed E-state index contributed by atoms with van der Waals surface area (Å²) in [5, 5.41) is 12.1. The molecule has 1 aromatic carbocycles. The molecule has 0 fully saturated rings. The van der Waals surface area contributed by atoms with Crippen LogP contribution >= 0.6 is 0 Å². The number of nitrogens with one attached hydrogen (secondary N) is 2. The summed E-state index contributed by atoms with van der Waals surface area (Å²) >= 11 is 0. The van der Waals surface area contributed by atoms with Gasteiger partial charge in [-0.25, -0.2) is 17.9 Å². The number of sulfonamides is 1. The maximum Gasteiger partial charge on any atom is 0.335 e. The number of ether oxygens (including phenoxy) is 2. The molecule has 0 radical (unpaired) electrons. The van der Waals surface area contributed by atoms with E-state index in [2.05, 4.69) is 10.0 Å².